The molecule has 1 atom stereocenters. The molecule has 0 amide bonds. The Labute approximate surface area is 102 Å². The lowest BCUT2D eigenvalue weighted by molar-refractivity contribution is 0.204. The Balaban J connectivity index is 2.27. The van der Waals surface area contributed by atoms with Gasteiger partial charge in [-0.3, -0.25) is 4.90 Å². The molecule has 1 heterocycles. The molecule has 0 aliphatic carbocycles. The third-order valence-electron chi connectivity index (χ3n) is 3.95. The van der Waals surface area contributed by atoms with Gasteiger partial charge in [0.2, 0.25) is 0 Å². The van der Waals surface area contributed by atoms with E-state index in [1.54, 1.807) is 0 Å². The number of nitrogens with zero attached hydrogens (tertiary/aromatic N) is 1. The van der Waals surface area contributed by atoms with Crippen molar-refractivity contribution >= 4 is 0 Å². The van der Waals surface area contributed by atoms with Crippen molar-refractivity contribution in [3.8, 4) is 0 Å². The minimum absolute atomic E-state index is 0.812. The molecular weight excluding hydrogens is 196 g/mol. The number of likely N-dealkylation sites (tertiary alicyclic amines) is 1. The fourth-order valence-electron chi connectivity index (χ4n) is 2.69. The zero-order valence-corrected chi connectivity index (χ0v) is 11.5. The summed E-state index contributed by atoms with van der Waals surface area (Å²) in [5.41, 5.74) is 0. The van der Waals surface area contributed by atoms with Crippen LogP contribution in [0, 0.1) is 5.92 Å². The molecule has 1 fully saturated rings. The van der Waals surface area contributed by atoms with E-state index in [-0.39, 0.29) is 0 Å². The fraction of sp³-hybridized carbons (Fsp3) is 1.00. The third kappa shape index (κ3) is 4.42. The Morgan fingerprint density at radius 1 is 1.25 bits per heavy atom. The molecule has 1 saturated heterocycles. The van der Waals surface area contributed by atoms with Gasteiger partial charge in [-0.05, 0) is 38.3 Å². The van der Waals surface area contributed by atoms with Crippen LogP contribution in [0.5, 0.6) is 0 Å². The summed E-state index contributed by atoms with van der Waals surface area (Å²) in [5, 5.41) is 3.57. The van der Waals surface area contributed by atoms with E-state index in [2.05, 4.69) is 31.0 Å². The Bertz CT molecular complexity index is 166. The van der Waals surface area contributed by atoms with Crippen LogP contribution in [-0.4, -0.2) is 37.1 Å². The second-order valence-electron chi connectivity index (χ2n) is 5.18. The van der Waals surface area contributed by atoms with Gasteiger partial charge in [0, 0.05) is 19.1 Å². The lowest BCUT2D eigenvalue weighted by Crippen LogP contribution is -2.40. The van der Waals surface area contributed by atoms with Gasteiger partial charge in [-0.1, -0.05) is 33.6 Å². The van der Waals surface area contributed by atoms with Crippen LogP contribution in [0.25, 0.3) is 0 Å². The summed E-state index contributed by atoms with van der Waals surface area (Å²) in [6.07, 6.45) is 6.72. The molecule has 0 radical (unpaired) electrons. The molecule has 0 bridgehead atoms. The van der Waals surface area contributed by atoms with Crippen molar-refractivity contribution < 1.29 is 0 Å². The molecule has 2 heteroatoms. The standard InChI is InChI=1S/C14H30N2/c1-4-9-15-11-14-8-7-10-16(14)12-13(5-2)6-3/h13-15H,4-12H2,1-3H3. The van der Waals surface area contributed by atoms with Gasteiger partial charge in [-0.25, -0.2) is 0 Å². The van der Waals surface area contributed by atoms with E-state index < -0.39 is 0 Å². The summed E-state index contributed by atoms with van der Waals surface area (Å²) in [6.45, 7) is 11.9. The minimum Gasteiger partial charge on any atom is -0.315 e. The molecule has 1 rings (SSSR count). The molecule has 0 aromatic rings. The van der Waals surface area contributed by atoms with Crippen molar-refractivity contribution in [2.24, 2.45) is 5.92 Å². The van der Waals surface area contributed by atoms with Gasteiger partial charge in [0.25, 0.3) is 0 Å². The Kier molecular flexibility index (Phi) is 7.06. The number of hydrogen-bond acceptors (Lipinski definition) is 2. The first-order chi connectivity index (χ1) is 7.81. The van der Waals surface area contributed by atoms with Gasteiger partial charge in [0.15, 0.2) is 0 Å². The summed E-state index contributed by atoms with van der Waals surface area (Å²) in [7, 11) is 0. The van der Waals surface area contributed by atoms with Crippen LogP contribution >= 0.6 is 0 Å². The first-order valence-electron chi connectivity index (χ1n) is 7.26. The molecule has 1 aliphatic rings. The quantitative estimate of drug-likeness (QED) is 0.640. The largest absolute Gasteiger partial charge is 0.315 e. The average molecular weight is 226 g/mol. The van der Waals surface area contributed by atoms with Crippen molar-refractivity contribution in [1.82, 2.24) is 10.2 Å². The summed E-state index contributed by atoms with van der Waals surface area (Å²) in [4.78, 5) is 2.72. The summed E-state index contributed by atoms with van der Waals surface area (Å²) in [6, 6.07) is 0.812. The molecule has 1 N–H and O–H groups in total. The lowest BCUT2D eigenvalue weighted by Gasteiger charge is -2.28. The van der Waals surface area contributed by atoms with Crippen LogP contribution < -0.4 is 5.32 Å². The van der Waals surface area contributed by atoms with E-state index in [4.69, 9.17) is 0 Å². The summed E-state index contributed by atoms with van der Waals surface area (Å²) in [5.74, 6) is 0.909. The molecular formula is C14H30N2. The predicted octanol–water partition coefficient (Wildman–Crippen LogP) is 2.89. The number of rotatable bonds is 8. The molecule has 0 aromatic heterocycles. The van der Waals surface area contributed by atoms with E-state index in [0.29, 0.717) is 0 Å². The first kappa shape index (κ1) is 14.0. The second-order valence-corrected chi connectivity index (χ2v) is 5.18. The van der Waals surface area contributed by atoms with Gasteiger partial charge in [0.1, 0.15) is 0 Å². The molecule has 2 nitrogen and oxygen atoms in total. The molecule has 96 valence electrons. The molecule has 1 unspecified atom stereocenters. The molecule has 1 aliphatic heterocycles. The van der Waals surface area contributed by atoms with E-state index in [0.717, 1.165) is 12.0 Å². The number of nitrogens with one attached hydrogen (secondary N) is 1. The molecule has 0 aromatic carbocycles. The van der Waals surface area contributed by atoms with Crippen LogP contribution in [-0.2, 0) is 0 Å². The summed E-state index contributed by atoms with van der Waals surface area (Å²) >= 11 is 0. The van der Waals surface area contributed by atoms with Gasteiger partial charge >= 0.3 is 0 Å². The SMILES string of the molecule is CCCNCC1CCCN1CC(CC)CC. The molecule has 0 spiro atoms. The highest BCUT2D eigenvalue weighted by Gasteiger charge is 2.25. The maximum absolute atomic E-state index is 3.57. The normalized spacial score (nSPS) is 22.1. The number of hydrogen-bond donors (Lipinski definition) is 1. The smallest absolute Gasteiger partial charge is 0.0221 e. The first-order valence-corrected chi connectivity index (χ1v) is 7.26. The van der Waals surface area contributed by atoms with Crippen LogP contribution in [0.15, 0.2) is 0 Å². The van der Waals surface area contributed by atoms with E-state index in [1.807, 2.05) is 0 Å². The van der Waals surface area contributed by atoms with Crippen molar-refractivity contribution in [3.05, 3.63) is 0 Å². The van der Waals surface area contributed by atoms with Crippen molar-refractivity contribution in [1.29, 1.82) is 0 Å². The van der Waals surface area contributed by atoms with E-state index in [9.17, 15) is 0 Å². The predicted molar refractivity (Wildman–Crippen MR) is 71.8 cm³/mol. The Morgan fingerprint density at radius 3 is 2.62 bits per heavy atom. The monoisotopic (exact) mass is 226 g/mol. The van der Waals surface area contributed by atoms with Crippen LogP contribution in [0.3, 0.4) is 0 Å². The van der Waals surface area contributed by atoms with Gasteiger partial charge in [0.05, 0.1) is 0 Å². The van der Waals surface area contributed by atoms with Gasteiger partial charge < -0.3 is 5.32 Å². The third-order valence-corrected chi connectivity index (χ3v) is 3.95. The molecule has 0 saturated carbocycles. The molecule has 16 heavy (non-hydrogen) atoms. The highest BCUT2D eigenvalue weighted by Crippen LogP contribution is 2.20. The highest BCUT2D eigenvalue weighted by molar-refractivity contribution is 4.82. The van der Waals surface area contributed by atoms with E-state index >= 15 is 0 Å². The highest BCUT2D eigenvalue weighted by atomic mass is 15.2. The van der Waals surface area contributed by atoms with Crippen molar-refractivity contribution in [2.45, 2.75) is 58.9 Å². The van der Waals surface area contributed by atoms with Crippen molar-refractivity contribution in [2.75, 3.05) is 26.2 Å². The zero-order chi connectivity index (χ0) is 11.8. The lowest BCUT2D eigenvalue weighted by atomic mass is 10.0. The summed E-state index contributed by atoms with van der Waals surface area (Å²) < 4.78 is 0. The second kappa shape index (κ2) is 8.08. The average Bonchev–Trinajstić information content (AvgIpc) is 2.74. The van der Waals surface area contributed by atoms with Crippen molar-refractivity contribution in [3.63, 3.8) is 0 Å². The van der Waals surface area contributed by atoms with Crippen LogP contribution in [0.1, 0.15) is 52.9 Å². The maximum Gasteiger partial charge on any atom is 0.0221 e. The topological polar surface area (TPSA) is 15.3 Å². The maximum atomic E-state index is 3.57. The minimum atomic E-state index is 0.812. The zero-order valence-electron chi connectivity index (χ0n) is 11.5. The fourth-order valence-corrected chi connectivity index (χ4v) is 2.69. The van der Waals surface area contributed by atoms with Gasteiger partial charge in [-0.15, -0.1) is 0 Å². The van der Waals surface area contributed by atoms with Crippen LogP contribution in [0.4, 0.5) is 0 Å². The van der Waals surface area contributed by atoms with Crippen LogP contribution in [0.2, 0.25) is 0 Å². The Hall–Kier alpha value is -0.0800. The van der Waals surface area contributed by atoms with E-state index in [1.165, 1.54) is 58.3 Å². The Morgan fingerprint density at radius 2 is 2.00 bits per heavy atom. The van der Waals surface area contributed by atoms with Gasteiger partial charge in [-0.2, -0.15) is 0 Å².